The molecule has 0 fully saturated rings. The van der Waals surface area contributed by atoms with Crippen LogP contribution in [0.2, 0.25) is 0 Å². The van der Waals surface area contributed by atoms with Crippen molar-refractivity contribution in [1.29, 1.82) is 0 Å². The second-order valence-electron chi connectivity index (χ2n) is 7.28. The summed E-state index contributed by atoms with van der Waals surface area (Å²) in [7, 11) is 3.99. The van der Waals surface area contributed by atoms with Gasteiger partial charge in [0.25, 0.3) is 5.91 Å². The normalized spacial score (nSPS) is 15.0. The Labute approximate surface area is 183 Å². The number of thiazole rings is 1. The summed E-state index contributed by atoms with van der Waals surface area (Å²) in [6.07, 6.45) is 3.52. The number of amidine groups is 1. The molecule has 2 aromatic heterocycles. The average molecular weight is 426 g/mol. The number of pyridine rings is 1. The van der Waals surface area contributed by atoms with Gasteiger partial charge in [-0.3, -0.25) is 4.79 Å². The van der Waals surface area contributed by atoms with Gasteiger partial charge in [0.2, 0.25) is 5.13 Å². The number of fused-ring (bicyclic) bond motifs is 1. The molecule has 5 rings (SSSR count). The average Bonchev–Trinajstić information content (AvgIpc) is 3.35. The van der Waals surface area contributed by atoms with Gasteiger partial charge >= 0.3 is 0 Å². The number of rotatable bonds is 4. The second kappa shape index (κ2) is 7.77. The van der Waals surface area contributed by atoms with E-state index in [-0.39, 0.29) is 5.91 Å². The van der Waals surface area contributed by atoms with Crippen LogP contribution in [0.5, 0.6) is 0 Å². The van der Waals surface area contributed by atoms with E-state index >= 15 is 0 Å². The zero-order valence-corrected chi connectivity index (χ0v) is 17.9. The van der Waals surface area contributed by atoms with Crippen LogP contribution >= 0.6 is 11.3 Å². The van der Waals surface area contributed by atoms with Gasteiger partial charge in [0, 0.05) is 31.5 Å². The molecule has 0 saturated carbocycles. The van der Waals surface area contributed by atoms with Crippen molar-refractivity contribution in [1.82, 2.24) is 9.97 Å². The highest BCUT2D eigenvalue weighted by molar-refractivity contribution is 7.22. The van der Waals surface area contributed by atoms with Gasteiger partial charge in [-0.25, -0.2) is 14.9 Å². The van der Waals surface area contributed by atoms with Crippen molar-refractivity contribution in [2.75, 3.05) is 23.9 Å². The Bertz CT molecular complexity index is 1290. The predicted molar refractivity (Wildman–Crippen MR) is 127 cm³/mol. The van der Waals surface area contributed by atoms with Crippen molar-refractivity contribution in [3.8, 4) is 0 Å². The third kappa shape index (κ3) is 3.60. The molecule has 0 N–H and O–H groups in total. The third-order valence-electron chi connectivity index (χ3n) is 4.95. The first kappa shape index (κ1) is 19.1. The fourth-order valence-corrected chi connectivity index (χ4v) is 4.28. The molecular weight excluding hydrogens is 406 g/mol. The zero-order chi connectivity index (χ0) is 21.4. The molecule has 1 aliphatic heterocycles. The second-order valence-corrected chi connectivity index (χ2v) is 8.29. The molecule has 6 nitrogen and oxygen atoms in total. The Hall–Kier alpha value is -3.84. The number of aromatic nitrogens is 2. The van der Waals surface area contributed by atoms with E-state index in [1.807, 2.05) is 91.8 Å². The minimum Gasteiger partial charge on any atom is -0.378 e. The van der Waals surface area contributed by atoms with Crippen molar-refractivity contribution >= 4 is 50.3 Å². The maximum atomic E-state index is 13.4. The molecule has 3 heterocycles. The summed E-state index contributed by atoms with van der Waals surface area (Å²) in [6, 6.07) is 21.5. The van der Waals surface area contributed by atoms with Crippen LogP contribution in [0.3, 0.4) is 0 Å². The molecule has 2 aromatic carbocycles. The molecule has 0 spiro atoms. The Morgan fingerprint density at radius 1 is 0.968 bits per heavy atom. The topological polar surface area (TPSA) is 61.7 Å². The number of aliphatic imine (C=N–C) groups is 1. The fraction of sp³-hybridized carbons (Fsp3) is 0.0833. The lowest BCUT2D eigenvalue weighted by molar-refractivity contribution is -0.113. The first-order valence-corrected chi connectivity index (χ1v) is 10.6. The quantitative estimate of drug-likeness (QED) is 0.449. The summed E-state index contributed by atoms with van der Waals surface area (Å²) < 4.78 is 0.925. The molecule has 152 valence electrons. The molecule has 31 heavy (non-hydrogen) atoms. The summed E-state index contributed by atoms with van der Waals surface area (Å²) in [5.41, 5.74) is 3.87. The molecule has 0 unspecified atom stereocenters. The highest BCUT2D eigenvalue weighted by Gasteiger charge is 2.34. The lowest BCUT2D eigenvalue weighted by atomic mass is 10.1. The van der Waals surface area contributed by atoms with Gasteiger partial charge in [-0.1, -0.05) is 53.8 Å². The highest BCUT2D eigenvalue weighted by atomic mass is 32.1. The molecule has 4 aromatic rings. The van der Waals surface area contributed by atoms with E-state index < -0.39 is 0 Å². The third-order valence-corrected chi connectivity index (χ3v) is 5.95. The van der Waals surface area contributed by atoms with Crippen LogP contribution in [0, 0.1) is 0 Å². The monoisotopic (exact) mass is 425 g/mol. The van der Waals surface area contributed by atoms with Gasteiger partial charge < -0.3 is 4.90 Å². The summed E-state index contributed by atoms with van der Waals surface area (Å²) >= 11 is 1.43. The Kier molecular flexibility index (Phi) is 4.80. The minimum atomic E-state index is -0.199. The SMILES string of the molecule is CN(C)c1ccc(/C=C2/N=C(c3ccccc3)N(c3nc4ncccc4s3)C2=O)cc1. The summed E-state index contributed by atoms with van der Waals surface area (Å²) in [5, 5.41) is 0.563. The van der Waals surface area contributed by atoms with Crippen molar-refractivity contribution in [3.05, 3.63) is 89.8 Å². The Balaban J connectivity index is 1.59. The summed E-state index contributed by atoms with van der Waals surface area (Å²) in [5.74, 6) is 0.371. The highest BCUT2D eigenvalue weighted by Crippen LogP contribution is 2.33. The number of carbonyl (C=O) groups is 1. The number of hydrogen-bond acceptors (Lipinski definition) is 6. The van der Waals surface area contributed by atoms with E-state index in [1.54, 1.807) is 11.1 Å². The van der Waals surface area contributed by atoms with Crippen LogP contribution in [0.1, 0.15) is 11.1 Å². The van der Waals surface area contributed by atoms with E-state index in [0.717, 1.165) is 21.5 Å². The molecule has 0 radical (unpaired) electrons. The maximum absolute atomic E-state index is 13.4. The van der Waals surface area contributed by atoms with Gasteiger partial charge in [0.05, 0.1) is 4.70 Å². The maximum Gasteiger partial charge on any atom is 0.284 e. The number of carbonyl (C=O) groups excluding carboxylic acids is 1. The largest absolute Gasteiger partial charge is 0.378 e. The smallest absolute Gasteiger partial charge is 0.284 e. The van der Waals surface area contributed by atoms with E-state index in [2.05, 4.69) is 9.97 Å². The molecular formula is C24H19N5OS. The molecule has 0 saturated heterocycles. The van der Waals surface area contributed by atoms with Crippen LogP contribution in [0.25, 0.3) is 16.4 Å². The van der Waals surface area contributed by atoms with Crippen LogP contribution in [-0.4, -0.2) is 35.8 Å². The van der Waals surface area contributed by atoms with Crippen molar-refractivity contribution in [2.45, 2.75) is 0 Å². The lowest BCUT2D eigenvalue weighted by Gasteiger charge is -2.14. The van der Waals surface area contributed by atoms with Crippen LogP contribution in [-0.2, 0) is 4.79 Å². The zero-order valence-electron chi connectivity index (χ0n) is 17.1. The molecule has 1 aliphatic rings. The first-order valence-electron chi connectivity index (χ1n) is 9.79. The lowest BCUT2D eigenvalue weighted by Crippen LogP contribution is -2.32. The summed E-state index contributed by atoms with van der Waals surface area (Å²) in [4.78, 5) is 30.7. The number of anilines is 2. The molecule has 0 atom stereocenters. The minimum absolute atomic E-state index is 0.199. The van der Waals surface area contributed by atoms with Crippen molar-refractivity contribution in [2.24, 2.45) is 4.99 Å². The van der Waals surface area contributed by atoms with Crippen LogP contribution < -0.4 is 9.80 Å². The molecule has 1 amide bonds. The Morgan fingerprint density at radius 2 is 1.74 bits per heavy atom. The van der Waals surface area contributed by atoms with E-state index in [1.165, 1.54) is 11.3 Å². The molecule has 0 aliphatic carbocycles. The fourth-order valence-electron chi connectivity index (χ4n) is 3.35. The van der Waals surface area contributed by atoms with Crippen molar-refractivity contribution < 1.29 is 4.79 Å². The van der Waals surface area contributed by atoms with Gasteiger partial charge in [-0.15, -0.1) is 0 Å². The summed E-state index contributed by atoms with van der Waals surface area (Å²) in [6.45, 7) is 0. The van der Waals surface area contributed by atoms with Crippen molar-refractivity contribution in [3.63, 3.8) is 0 Å². The standard InChI is InChI=1S/C24H19N5OS/c1-28(2)18-12-10-16(11-13-18)15-19-23(30)29(22(26-19)17-7-4-3-5-8-17)24-27-21-20(31-24)9-6-14-25-21/h3-15H,1-2H3/b19-15+. The number of hydrogen-bond donors (Lipinski definition) is 0. The van der Waals surface area contributed by atoms with Crippen LogP contribution in [0.4, 0.5) is 10.8 Å². The number of benzene rings is 2. The number of amides is 1. The van der Waals surface area contributed by atoms with Gasteiger partial charge in [0.1, 0.15) is 11.5 Å². The number of nitrogens with zero attached hydrogens (tertiary/aromatic N) is 5. The molecule has 0 bridgehead atoms. The predicted octanol–water partition coefficient (Wildman–Crippen LogP) is 4.59. The van der Waals surface area contributed by atoms with Gasteiger partial charge in [0.15, 0.2) is 5.65 Å². The van der Waals surface area contributed by atoms with Gasteiger partial charge in [-0.2, -0.15) is 4.98 Å². The van der Waals surface area contributed by atoms with E-state index in [4.69, 9.17) is 4.99 Å². The molecule has 7 heteroatoms. The van der Waals surface area contributed by atoms with E-state index in [0.29, 0.717) is 22.3 Å². The van der Waals surface area contributed by atoms with E-state index in [9.17, 15) is 4.79 Å². The first-order chi connectivity index (χ1) is 15.1. The van der Waals surface area contributed by atoms with Crippen LogP contribution in [0.15, 0.2) is 83.6 Å². The Morgan fingerprint density at radius 3 is 2.45 bits per heavy atom. The van der Waals surface area contributed by atoms with Gasteiger partial charge in [-0.05, 0) is 35.9 Å².